The predicted octanol–water partition coefficient (Wildman–Crippen LogP) is 1.59. The second-order valence-electron chi connectivity index (χ2n) is 6.13. The number of piperazine rings is 1. The summed E-state index contributed by atoms with van der Waals surface area (Å²) in [4.78, 5) is 2.79. The van der Waals surface area contributed by atoms with Gasteiger partial charge in [0.1, 0.15) is 0 Å². The first-order chi connectivity index (χ1) is 10.6. The van der Waals surface area contributed by atoms with Crippen LogP contribution < -0.4 is 10.0 Å². The minimum Gasteiger partial charge on any atom is -0.314 e. The Morgan fingerprint density at radius 1 is 1.08 bits per heavy atom. The molecule has 1 heterocycles. The summed E-state index contributed by atoms with van der Waals surface area (Å²) >= 11 is 0. The van der Waals surface area contributed by atoms with Crippen LogP contribution in [0.2, 0.25) is 0 Å². The van der Waals surface area contributed by atoms with Gasteiger partial charge in [-0.1, -0.05) is 6.07 Å². The van der Waals surface area contributed by atoms with Gasteiger partial charge in [-0.15, -0.1) is 24.8 Å². The van der Waals surface area contributed by atoms with Crippen LogP contribution >= 0.6 is 24.8 Å². The maximum absolute atomic E-state index is 12.3. The van der Waals surface area contributed by atoms with E-state index in [0.717, 1.165) is 58.4 Å². The normalized spacial score (nSPS) is 17.7. The molecule has 2 aliphatic rings. The summed E-state index contributed by atoms with van der Waals surface area (Å²) in [7, 11) is -3.37. The van der Waals surface area contributed by atoms with E-state index in [9.17, 15) is 8.42 Å². The molecular formula is C16H27Cl2N3O2S. The van der Waals surface area contributed by atoms with E-state index in [2.05, 4.69) is 14.9 Å². The van der Waals surface area contributed by atoms with Crippen LogP contribution in [0.1, 0.15) is 24.0 Å². The van der Waals surface area contributed by atoms with Crippen LogP contribution in [0.3, 0.4) is 0 Å². The van der Waals surface area contributed by atoms with Crippen molar-refractivity contribution >= 4 is 34.8 Å². The number of hydrogen-bond donors (Lipinski definition) is 2. The Bertz CT molecular complexity index is 620. The van der Waals surface area contributed by atoms with E-state index in [0.29, 0.717) is 11.4 Å². The van der Waals surface area contributed by atoms with E-state index in [4.69, 9.17) is 0 Å². The summed E-state index contributed by atoms with van der Waals surface area (Å²) in [5.41, 5.74) is 2.50. The second-order valence-corrected chi connectivity index (χ2v) is 7.89. The quantitative estimate of drug-likeness (QED) is 0.717. The molecule has 1 aromatic carbocycles. The van der Waals surface area contributed by atoms with Gasteiger partial charge in [-0.05, 0) is 55.5 Å². The molecule has 1 saturated heterocycles. The summed E-state index contributed by atoms with van der Waals surface area (Å²) in [6, 6.07) is 5.56. The van der Waals surface area contributed by atoms with Crippen molar-refractivity contribution in [3.05, 3.63) is 29.3 Å². The van der Waals surface area contributed by atoms with Crippen molar-refractivity contribution in [1.29, 1.82) is 0 Å². The number of aryl methyl sites for hydroxylation is 2. The Kier molecular flexibility index (Phi) is 8.98. The zero-order chi connectivity index (χ0) is 15.4. The molecule has 0 bridgehead atoms. The van der Waals surface area contributed by atoms with Gasteiger partial charge in [0.25, 0.3) is 0 Å². The van der Waals surface area contributed by atoms with E-state index in [-0.39, 0.29) is 24.8 Å². The van der Waals surface area contributed by atoms with Crippen molar-refractivity contribution in [2.24, 2.45) is 0 Å². The number of benzene rings is 1. The Hall–Kier alpha value is -0.370. The van der Waals surface area contributed by atoms with Gasteiger partial charge in [-0.3, -0.25) is 0 Å². The summed E-state index contributed by atoms with van der Waals surface area (Å²) in [6.07, 6.45) is 4.07. The van der Waals surface area contributed by atoms with Crippen LogP contribution in [0.25, 0.3) is 0 Å². The first kappa shape index (κ1) is 21.7. The summed E-state index contributed by atoms with van der Waals surface area (Å²) in [6.45, 7) is 5.62. The number of nitrogens with one attached hydrogen (secondary N) is 2. The number of halogens is 2. The van der Waals surface area contributed by atoms with Crippen LogP contribution in [0.15, 0.2) is 23.1 Å². The molecule has 2 N–H and O–H groups in total. The molecule has 0 amide bonds. The molecule has 0 atom stereocenters. The van der Waals surface area contributed by atoms with Crippen molar-refractivity contribution in [3.8, 4) is 0 Å². The molecule has 0 spiro atoms. The Balaban J connectivity index is 0.00000144. The maximum Gasteiger partial charge on any atom is 0.240 e. The molecule has 3 rings (SSSR count). The second kappa shape index (κ2) is 9.94. The van der Waals surface area contributed by atoms with Crippen molar-refractivity contribution in [2.45, 2.75) is 30.6 Å². The zero-order valence-corrected chi connectivity index (χ0v) is 16.2. The molecule has 1 fully saturated rings. The van der Waals surface area contributed by atoms with Gasteiger partial charge in [-0.2, -0.15) is 0 Å². The molecule has 0 saturated carbocycles. The number of rotatable bonds is 6. The third-order valence-electron chi connectivity index (χ3n) is 4.53. The number of hydrogen-bond acceptors (Lipinski definition) is 4. The van der Waals surface area contributed by atoms with E-state index in [1.165, 1.54) is 11.1 Å². The smallest absolute Gasteiger partial charge is 0.240 e. The van der Waals surface area contributed by atoms with Gasteiger partial charge >= 0.3 is 0 Å². The highest BCUT2D eigenvalue weighted by Gasteiger charge is 2.18. The summed E-state index contributed by atoms with van der Waals surface area (Å²) in [5.74, 6) is 0. The van der Waals surface area contributed by atoms with Gasteiger partial charge in [0, 0.05) is 32.7 Å². The third kappa shape index (κ3) is 5.58. The monoisotopic (exact) mass is 395 g/mol. The predicted molar refractivity (Wildman–Crippen MR) is 102 cm³/mol. The minimum atomic E-state index is -3.37. The number of nitrogens with zero attached hydrogens (tertiary/aromatic N) is 1. The molecule has 0 aromatic heterocycles. The van der Waals surface area contributed by atoms with Gasteiger partial charge < -0.3 is 10.2 Å². The van der Waals surface area contributed by atoms with Crippen molar-refractivity contribution in [3.63, 3.8) is 0 Å². The molecule has 0 radical (unpaired) electrons. The Morgan fingerprint density at radius 2 is 1.79 bits per heavy atom. The van der Waals surface area contributed by atoms with E-state index in [1.807, 2.05) is 12.1 Å². The lowest BCUT2D eigenvalue weighted by molar-refractivity contribution is 0.239. The standard InChI is InChI=1S/C16H25N3O2S.2ClH/c20-22(21,16-6-5-14-3-1-4-15(14)13-16)18-7-2-10-19-11-8-17-9-12-19;;/h5-6,13,17-18H,1-4,7-12H2;2*1H. The van der Waals surface area contributed by atoms with Crippen molar-refractivity contribution < 1.29 is 8.42 Å². The van der Waals surface area contributed by atoms with E-state index in [1.54, 1.807) is 6.07 Å². The van der Waals surface area contributed by atoms with Crippen LogP contribution in [0.5, 0.6) is 0 Å². The Morgan fingerprint density at radius 3 is 2.54 bits per heavy atom. The fourth-order valence-corrected chi connectivity index (χ4v) is 4.37. The minimum absolute atomic E-state index is 0. The average Bonchev–Trinajstić information content (AvgIpc) is 3.00. The first-order valence-corrected chi connectivity index (χ1v) is 9.68. The molecule has 0 unspecified atom stereocenters. The highest BCUT2D eigenvalue weighted by atomic mass is 35.5. The average molecular weight is 396 g/mol. The van der Waals surface area contributed by atoms with Crippen LogP contribution in [-0.2, 0) is 22.9 Å². The third-order valence-corrected chi connectivity index (χ3v) is 5.99. The molecule has 1 aromatic rings. The molecule has 8 heteroatoms. The fraction of sp³-hybridized carbons (Fsp3) is 0.625. The highest BCUT2D eigenvalue weighted by molar-refractivity contribution is 7.89. The number of sulfonamides is 1. The van der Waals surface area contributed by atoms with Crippen molar-refractivity contribution in [1.82, 2.24) is 14.9 Å². The molecule has 1 aliphatic carbocycles. The lowest BCUT2D eigenvalue weighted by Gasteiger charge is -2.27. The van der Waals surface area contributed by atoms with Gasteiger partial charge in [0.2, 0.25) is 10.0 Å². The van der Waals surface area contributed by atoms with Gasteiger partial charge in [0.05, 0.1) is 4.90 Å². The lowest BCUT2D eigenvalue weighted by Crippen LogP contribution is -2.44. The van der Waals surface area contributed by atoms with E-state index >= 15 is 0 Å². The number of fused-ring (bicyclic) bond motifs is 1. The lowest BCUT2D eigenvalue weighted by atomic mass is 10.1. The van der Waals surface area contributed by atoms with E-state index < -0.39 is 10.0 Å². The summed E-state index contributed by atoms with van der Waals surface area (Å²) in [5, 5.41) is 3.32. The maximum atomic E-state index is 12.3. The van der Waals surface area contributed by atoms with Gasteiger partial charge in [0.15, 0.2) is 0 Å². The van der Waals surface area contributed by atoms with Crippen LogP contribution in [0.4, 0.5) is 0 Å². The topological polar surface area (TPSA) is 61.4 Å². The molecular weight excluding hydrogens is 369 g/mol. The molecule has 5 nitrogen and oxygen atoms in total. The summed E-state index contributed by atoms with van der Waals surface area (Å²) < 4.78 is 27.4. The molecule has 138 valence electrons. The largest absolute Gasteiger partial charge is 0.314 e. The molecule has 24 heavy (non-hydrogen) atoms. The SMILES string of the molecule is Cl.Cl.O=S(=O)(NCCCN1CCNCC1)c1ccc2c(c1)CCC2. The Labute approximate surface area is 157 Å². The van der Waals surface area contributed by atoms with Crippen LogP contribution in [-0.4, -0.2) is 52.6 Å². The fourth-order valence-electron chi connectivity index (χ4n) is 3.24. The molecule has 1 aliphatic heterocycles. The van der Waals surface area contributed by atoms with Gasteiger partial charge in [-0.25, -0.2) is 13.1 Å². The van der Waals surface area contributed by atoms with Crippen LogP contribution in [0, 0.1) is 0 Å². The van der Waals surface area contributed by atoms with Crippen molar-refractivity contribution in [2.75, 3.05) is 39.3 Å². The zero-order valence-electron chi connectivity index (χ0n) is 13.8. The highest BCUT2D eigenvalue weighted by Crippen LogP contribution is 2.24. The first-order valence-electron chi connectivity index (χ1n) is 8.20.